The zero-order chi connectivity index (χ0) is 7.28. The standard InChI is InChI=1S/C5H14N4/c1-5(7)8-4-9(2)3-6/h4-5H,3,6-7H2,1-2H3/b8-4-. The molecule has 0 saturated carbocycles. The van der Waals surface area contributed by atoms with Crippen LogP contribution >= 0.6 is 0 Å². The van der Waals surface area contributed by atoms with E-state index in [9.17, 15) is 0 Å². The first-order valence-electron chi connectivity index (χ1n) is 2.86. The third-order valence-electron chi connectivity index (χ3n) is 0.787. The van der Waals surface area contributed by atoms with Crippen molar-refractivity contribution in [3.63, 3.8) is 0 Å². The van der Waals surface area contributed by atoms with Gasteiger partial charge in [-0.05, 0) is 6.92 Å². The lowest BCUT2D eigenvalue weighted by Gasteiger charge is -2.08. The highest BCUT2D eigenvalue weighted by Crippen LogP contribution is 1.75. The Bertz CT molecular complexity index is 89.0. The van der Waals surface area contributed by atoms with E-state index in [-0.39, 0.29) is 6.17 Å². The predicted octanol–water partition coefficient (Wildman–Crippen LogP) is -0.833. The number of aliphatic imine (C=N–C) groups is 1. The van der Waals surface area contributed by atoms with Crippen LogP contribution in [-0.4, -0.2) is 31.1 Å². The predicted molar refractivity (Wildman–Crippen MR) is 39.0 cm³/mol. The first-order chi connectivity index (χ1) is 4.16. The highest BCUT2D eigenvalue weighted by atomic mass is 15.2. The van der Waals surface area contributed by atoms with E-state index in [0.29, 0.717) is 6.67 Å². The van der Waals surface area contributed by atoms with Gasteiger partial charge in [-0.3, -0.25) is 4.99 Å². The SMILES string of the molecule is CC(N)/N=C\N(C)CN. The molecule has 9 heavy (non-hydrogen) atoms. The lowest BCUT2D eigenvalue weighted by atomic mass is 10.6. The normalized spacial score (nSPS) is 14.2. The van der Waals surface area contributed by atoms with Crippen molar-refractivity contribution in [2.45, 2.75) is 13.1 Å². The monoisotopic (exact) mass is 130 g/mol. The van der Waals surface area contributed by atoms with Crippen molar-refractivity contribution in [1.29, 1.82) is 0 Å². The number of hydrogen-bond donors (Lipinski definition) is 2. The fraction of sp³-hybridized carbons (Fsp3) is 0.800. The molecule has 0 spiro atoms. The molecule has 0 rings (SSSR count). The Morgan fingerprint density at radius 3 is 2.67 bits per heavy atom. The molecule has 0 aliphatic carbocycles. The molecule has 0 aromatic rings. The van der Waals surface area contributed by atoms with Gasteiger partial charge >= 0.3 is 0 Å². The first kappa shape index (κ1) is 8.39. The molecular weight excluding hydrogens is 116 g/mol. The second kappa shape index (κ2) is 4.29. The van der Waals surface area contributed by atoms with E-state index in [0.717, 1.165) is 0 Å². The van der Waals surface area contributed by atoms with Crippen molar-refractivity contribution >= 4 is 6.34 Å². The van der Waals surface area contributed by atoms with Crippen molar-refractivity contribution in [2.75, 3.05) is 13.7 Å². The summed E-state index contributed by atoms with van der Waals surface area (Å²) in [5, 5.41) is 0. The van der Waals surface area contributed by atoms with Crippen molar-refractivity contribution in [3.05, 3.63) is 0 Å². The van der Waals surface area contributed by atoms with Crippen LogP contribution in [0.4, 0.5) is 0 Å². The van der Waals surface area contributed by atoms with E-state index in [1.165, 1.54) is 0 Å². The Morgan fingerprint density at radius 2 is 2.33 bits per heavy atom. The molecule has 0 radical (unpaired) electrons. The number of hydrogen-bond acceptors (Lipinski definition) is 3. The first-order valence-corrected chi connectivity index (χ1v) is 2.86. The molecule has 0 aromatic carbocycles. The van der Waals surface area contributed by atoms with Crippen LogP contribution in [0.1, 0.15) is 6.92 Å². The van der Waals surface area contributed by atoms with Gasteiger partial charge in [0.25, 0.3) is 0 Å². The lowest BCUT2D eigenvalue weighted by molar-refractivity contribution is 0.531. The summed E-state index contributed by atoms with van der Waals surface area (Å²) in [5.41, 5.74) is 10.6. The van der Waals surface area contributed by atoms with E-state index in [2.05, 4.69) is 4.99 Å². The summed E-state index contributed by atoms with van der Waals surface area (Å²) in [6.07, 6.45) is 1.49. The zero-order valence-electron chi connectivity index (χ0n) is 5.91. The summed E-state index contributed by atoms with van der Waals surface area (Å²) >= 11 is 0. The van der Waals surface area contributed by atoms with Gasteiger partial charge in [0, 0.05) is 7.05 Å². The number of nitrogens with zero attached hydrogens (tertiary/aromatic N) is 2. The summed E-state index contributed by atoms with van der Waals surface area (Å²) in [4.78, 5) is 5.65. The highest BCUT2D eigenvalue weighted by Gasteiger charge is 1.85. The van der Waals surface area contributed by atoms with Gasteiger partial charge in [-0.2, -0.15) is 0 Å². The van der Waals surface area contributed by atoms with Crippen molar-refractivity contribution in [1.82, 2.24) is 4.90 Å². The summed E-state index contributed by atoms with van der Waals surface area (Å²) in [6, 6.07) is 0. The van der Waals surface area contributed by atoms with Gasteiger partial charge in [0.2, 0.25) is 0 Å². The maximum absolute atomic E-state index is 5.33. The second-order valence-corrected chi connectivity index (χ2v) is 1.94. The molecule has 0 aliphatic rings. The summed E-state index contributed by atoms with van der Waals surface area (Å²) in [5.74, 6) is 0. The highest BCUT2D eigenvalue weighted by molar-refractivity contribution is 5.54. The molecule has 0 amide bonds. The smallest absolute Gasteiger partial charge is 0.0958 e. The lowest BCUT2D eigenvalue weighted by Crippen LogP contribution is -2.25. The maximum atomic E-state index is 5.33. The Balaban J connectivity index is 3.43. The molecule has 0 aliphatic heterocycles. The molecule has 54 valence electrons. The summed E-state index contributed by atoms with van der Waals surface area (Å²) in [6.45, 7) is 2.27. The third-order valence-corrected chi connectivity index (χ3v) is 0.787. The Hall–Kier alpha value is -0.610. The molecule has 1 atom stereocenters. The fourth-order valence-corrected chi connectivity index (χ4v) is 0.266. The van der Waals surface area contributed by atoms with Gasteiger partial charge in [0.1, 0.15) is 0 Å². The largest absolute Gasteiger partial charge is 0.353 e. The van der Waals surface area contributed by atoms with Crippen LogP contribution in [0.25, 0.3) is 0 Å². The van der Waals surface area contributed by atoms with Gasteiger partial charge in [-0.15, -0.1) is 0 Å². The summed E-state index contributed by atoms with van der Waals surface area (Å²) in [7, 11) is 1.84. The van der Waals surface area contributed by atoms with E-state index >= 15 is 0 Å². The molecule has 0 fully saturated rings. The zero-order valence-corrected chi connectivity index (χ0v) is 5.91. The van der Waals surface area contributed by atoms with Gasteiger partial charge in [-0.1, -0.05) is 0 Å². The quantitative estimate of drug-likeness (QED) is 0.297. The average molecular weight is 130 g/mol. The Kier molecular flexibility index (Phi) is 4.00. The topological polar surface area (TPSA) is 67.6 Å². The molecule has 4 N–H and O–H groups in total. The maximum Gasteiger partial charge on any atom is 0.0958 e. The molecule has 0 saturated heterocycles. The van der Waals surface area contributed by atoms with Gasteiger partial charge in [0.15, 0.2) is 0 Å². The van der Waals surface area contributed by atoms with Crippen LogP contribution in [0.3, 0.4) is 0 Å². The van der Waals surface area contributed by atoms with Crippen molar-refractivity contribution in [2.24, 2.45) is 16.5 Å². The van der Waals surface area contributed by atoms with Crippen molar-refractivity contribution in [3.8, 4) is 0 Å². The molecule has 0 bridgehead atoms. The molecule has 1 unspecified atom stereocenters. The van der Waals surface area contributed by atoms with Gasteiger partial charge in [0.05, 0.1) is 19.2 Å². The fourth-order valence-electron chi connectivity index (χ4n) is 0.266. The second-order valence-electron chi connectivity index (χ2n) is 1.94. The van der Waals surface area contributed by atoms with Crippen LogP contribution in [0.15, 0.2) is 4.99 Å². The Morgan fingerprint density at radius 1 is 1.78 bits per heavy atom. The summed E-state index contributed by atoms with van der Waals surface area (Å²) < 4.78 is 0. The minimum atomic E-state index is -0.140. The number of nitrogens with two attached hydrogens (primary N) is 2. The number of rotatable bonds is 3. The van der Waals surface area contributed by atoms with Gasteiger partial charge < -0.3 is 16.4 Å². The van der Waals surface area contributed by atoms with Crippen LogP contribution < -0.4 is 11.5 Å². The van der Waals surface area contributed by atoms with Gasteiger partial charge in [-0.25, -0.2) is 0 Å². The average Bonchev–Trinajstić information content (AvgIpc) is 1.83. The molecule has 4 heteroatoms. The molecule has 0 aromatic heterocycles. The van der Waals surface area contributed by atoms with E-state index < -0.39 is 0 Å². The van der Waals surface area contributed by atoms with Crippen molar-refractivity contribution < 1.29 is 0 Å². The van der Waals surface area contributed by atoms with Crippen LogP contribution in [0.5, 0.6) is 0 Å². The molecular formula is C5H14N4. The van der Waals surface area contributed by atoms with E-state index in [1.807, 2.05) is 7.05 Å². The minimum Gasteiger partial charge on any atom is -0.353 e. The van der Waals surface area contributed by atoms with Crippen LogP contribution in [-0.2, 0) is 0 Å². The molecule has 4 nitrogen and oxygen atoms in total. The molecule has 0 heterocycles. The van der Waals surface area contributed by atoms with Crippen LogP contribution in [0, 0.1) is 0 Å². The minimum absolute atomic E-state index is 0.140. The third kappa shape index (κ3) is 5.26. The Labute approximate surface area is 55.5 Å². The van der Waals surface area contributed by atoms with Crippen LogP contribution in [0.2, 0.25) is 0 Å². The van der Waals surface area contributed by atoms with E-state index in [1.54, 1.807) is 18.2 Å². The van der Waals surface area contributed by atoms with E-state index in [4.69, 9.17) is 11.5 Å².